The molecule has 0 rings (SSSR count). The number of carboxylic acid groups (broad SMARTS) is 1. The highest BCUT2D eigenvalue weighted by Gasteiger charge is 2.38. The number of ether oxygens (including phenoxy) is 1. The fraction of sp³-hybridized carbons (Fsp3) is 0.833. The summed E-state index contributed by atoms with van der Waals surface area (Å²) in [4.78, 5) is 22.8. The predicted molar refractivity (Wildman–Crippen MR) is 71.1 cm³/mol. The first-order chi connectivity index (χ1) is 8.87. The quantitative estimate of drug-likeness (QED) is 0.248. The Morgan fingerprint density at radius 1 is 1.32 bits per heavy atom. The Bertz CT molecular complexity index is 299. The molecule has 2 atom stereocenters. The van der Waals surface area contributed by atoms with E-state index in [9.17, 15) is 9.59 Å². The van der Waals surface area contributed by atoms with Gasteiger partial charge in [0, 0.05) is 6.42 Å². The average Bonchev–Trinajstić information content (AvgIpc) is 2.36. The van der Waals surface area contributed by atoms with Crippen LogP contribution in [-0.4, -0.2) is 35.4 Å². The van der Waals surface area contributed by atoms with Gasteiger partial charge in [-0.05, 0) is 25.8 Å². The fourth-order valence-corrected chi connectivity index (χ4v) is 1.52. The molecule has 0 aliphatic heterocycles. The maximum absolute atomic E-state index is 11.7. The normalized spacial score (nSPS) is 15.6. The smallest absolute Gasteiger partial charge is 0.363 e. The van der Waals surface area contributed by atoms with Gasteiger partial charge in [-0.1, -0.05) is 19.8 Å². The van der Waals surface area contributed by atoms with Crippen molar-refractivity contribution in [2.24, 2.45) is 17.2 Å². The summed E-state index contributed by atoms with van der Waals surface area (Å²) in [6, 6.07) is -0.865. The van der Waals surface area contributed by atoms with Crippen LogP contribution in [-0.2, 0) is 14.3 Å². The molecule has 7 nitrogen and oxygen atoms in total. The number of carbonyl (C=O) groups is 2. The van der Waals surface area contributed by atoms with E-state index < -0.39 is 23.7 Å². The van der Waals surface area contributed by atoms with Gasteiger partial charge in [0.25, 0.3) is 5.72 Å². The van der Waals surface area contributed by atoms with Crippen LogP contribution in [0.5, 0.6) is 0 Å². The van der Waals surface area contributed by atoms with E-state index in [-0.39, 0.29) is 6.42 Å². The molecule has 0 aromatic rings. The number of esters is 1. The maximum atomic E-state index is 11.7. The SMILES string of the molecule is CCCCC(N)(OC(=O)C(N)CCCCN)C(=O)O. The Balaban J connectivity index is 4.41. The van der Waals surface area contributed by atoms with Crippen LogP contribution in [0.2, 0.25) is 0 Å². The number of hydrogen-bond acceptors (Lipinski definition) is 6. The van der Waals surface area contributed by atoms with E-state index in [0.717, 1.165) is 12.8 Å². The summed E-state index contributed by atoms with van der Waals surface area (Å²) >= 11 is 0. The van der Waals surface area contributed by atoms with Crippen LogP contribution < -0.4 is 17.2 Å². The highest BCUT2D eigenvalue weighted by atomic mass is 16.6. The molecule has 0 aliphatic rings. The van der Waals surface area contributed by atoms with Gasteiger partial charge < -0.3 is 21.3 Å². The molecule has 112 valence electrons. The molecule has 2 unspecified atom stereocenters. The zero-order chi connectivity index (χ0) is 14.9. The van der Waals surface area contributed by atoms with E-state index in [4.69, 9.17) is 27.0 Å². The molecule has 0 amide bonds. The largest absolute Gasteiger partial charge is 0.477 e. The lowest BCUT2D eigenvalue weighted by Gasteiger charge is -2.26. The van der Waals surface area contributed by atoms with Crippen LogP contribution in [0.15, 0.2) is 0 Å². The van der Waals surface area contributed by atoms with Crippen molar-refractivity contribution in [2.45, 2.75) is 57.2 Å². The van der Waals surface area contributed by atoms with Gasteiger partial charge in [0.2, 0.25) is 0 Å². The van der Waals surface area contributed by atoms with Gasteiger partial charge in [-0.2, -0.15) is 0 Å². The van der Waals surface area contributed by atoms with Crippen molar-refractivity contribution >= 4 is 11.9 Å². The lowest BCUT2D eigenvalue weighted by Crippen LogP contribution is -2.54. The van der Waals surface area contributed by atoms with Crippen LogP contribution in [0.1, 0.15) is 45.4 Å². The number of carboxylic acids is 1. The minimum Gasteiger partial charge on any atom is -0.477 e. The van der Waals surface area contributed by atoms with Crippen LogP contribution in [0, 0.1) is 0 Å². The molecule has 0 spiro atoms. The Labute approximate surface area is 113 Å². The van der Waals surface area contributed by atoms with E-state index in [1.165, 1.54) is 0 Å². The summed E-state index contributed by atoms with van der Waals surface area (Å²) < 4.78 is 4.88. The summed E-state index contributed by atoms with van der Waals surface area (Å²) in [7, 11) is 0. The summed E-state index contributed by atoms with van der Waals surface area (Å²) in [6.07, 6.45) is 3.22. The third kappa shape index (κ3) is 6.51. The second kappa shape index (κ2) is 8.84. The molecular weight excluding hydrogens is 250 g/mol. The van der Waals surface area contributed by atoms with Crippen LogP contribution in [0.3, 0.4) is 0 Å². The molecule has 0 bridgehead atoms. The number of aliphatic carboxylic acids is 1. The molecule has 0 heterocycles. The van der Waals surface area contributed by atoms with Gasteiger partial charge in [-0.15, -0.1) is 0 Å². The van der Waals surface area contributed by atoms with Crippen molar-refractivity contribution in [3.8, 4) is 0 Å². The molecule has 0 radical (unpaired) electrons. The van der Waals surface area contributed by atoms with Crippen LogP contribution in [0.25, 0.3) is 0 Å². The highest BCUT2D eigenvalue weighted by molar-refractivity contribution is 5.83. The first-order valence-corrected chi connectivity index (χ1v) is 6.58. The van der Waals surface area contributed by atoms with Gasteiger partial charge in [-0.3, -0.25) is 10.5 Å². The van der Waals surface area contributed by atoms with Crippen LogP contribution in [0.4, 0.5) is 0 Å². The molecule has 0 saturated carbocycles. The topological polar surface area (TPSA) is 142 Å². The molecule has 0 aromatic heterocycles. The lowest BCUT2D eigenvalue weighted by atomic mass is 10.1. The van der Waals surface area contributed by atoms with Crippen molar-refractivity contribution in [1.29, 1.82) is 0 Å². The molecule has 0 fully saturated rings. The second-order valence-electron chi connectivity index (χ2n) is 4.61. The number of nitrogens with two attached hydrogens (primary N) is 3. The molecule has 19 heavy (non-hydrogen) atoms. The number of unbranched alkanes of at least 4 members (excludes halogenated alkanes) is 2. The summed E-state index contributed by atoms with van der Waals surface area (Å²) in [5, 5.41) is 9.04. The molecule has 0 aliphatic carbocycles. The molecular formula is C12H25N3O4. The third-order valence-corrected chi connectivity index (χ3v) is 2.82. The minimum absolute atomic E-state index is 0.0695. The van der Waals surface area contributed by atoms with E-state index in [1.54, 1.807) is 0 Å². The Morgan fingerprint density at radius 2 is 1.95 bits per heavy atom. The zero-order valence-electron chi connectivity index (χ0n) is 11.4. The van der Waals surface area contributed by atoms with Gasteiger partial charge in [0.15, 0.2) is 0 Å². The van der Waals surface area contributed by atoms with Gasteiger partial charge in [0.05, 0.1) is 0 Å². The van der Waals surface area contributed by atoms with E-state index in [0.29, 0.717) is 25.8 Å². The summed E-state index contributed by atoms with van der Waals surface area (Å²) in [5.41, 5.74) is 14.6. The van der Waals surface area contributed by atoms with Gasteiger partial charge in [0.1, 0.15) is 6.04 Å². The van der Waals surface area contributed by atoms with E-state index in [1.807, 2.05) is 6.92 Å². The van der Waals surface area contributed by atoms with Crippen molar-refractivity contribution in [3.63, 3.8) is 0 Å². The highest BCUT2D eigenvalue weighted by Crippen LogP contribution is 2.15. The van der Waals surface area contributed by atoms with Crippen molar-refractivity contribution in [2.75, 3.05) is 6.54 Å². The van der Waals surface area contributed by atoms with Gasteiger partial charge in [-0.25, -0.2) is 4.79 Å². The standard InChI is InChI=1S/C12H25N3O4/c1-2-3-7-12(15,11(17)18)19-10(16)9(14)6-4-5-8-13/h9H,2-8,13-15H2,1H3,(H,17,18). The van der Waals surface area contributed by atoms with Gasteiger partial charge >= 0.3 is 11.9 Å². The molecule has 7 N–H and O–H groups in total. The van der Waals surface area contributed by atoms with Crippen molar-refractivity contribution in [1.82, 2.24) is 0 Å². The minimum atomic E-state index is -1.99. The van der Waals surface area contributed by atoms with Crippen molar-refractivity contribution in [3.05, 3.63) is 0 Å². The average molecular weight is 275 g/mol. The number of rotatable bonds is 10. The Hall–Kier alpha value is -1.18. The van der Waals surface area contributed by atoms with E-state index >= 15 is 0 Å². The molecule has 0 saturated heterocycles. The summed E-state index contributed by atoms with van der Waals surface area (Å²) in [6.45, 7) is 2.41. The molecule has 7 heteroatoms. The lowest BCUT2D eigenvalue weighted by molar-refractivity contribution is -0.180. The first kappa shape index (κ1) is 17.8. The molecule has 0 aromatic carbocycles. The fourth-order valence-electron chi connectivity index (χ4n) is 1.52. The van der Waals surface area contributed by atoms with Crippen molar-refractivity contribution < 1.29 is 19.4 Å². The second-order valence-corrected chi connectivity index (χ2v) is 4.61. The van der Waals surface area contributed by atoms with E-state index in [2.05, 4.69) is 0 Å². The summed E-state index contributed by atoms with van der Waals surface area (Å²) in [5.74, 6) is -2.14. The Kier molecular flexibility index (Phi) is 8.29. The monoisotopic (exact) mass is 275 g/mol. The maximum Gasteiger partial charge on any atom is 0.363 e. The zero-order valence-corrected chi connectivity index (χ0v) is 11.4. The van der Waals surface area contributed by atoms with Crippen LogP contribution >= 0.6 is 0 Å². The number of carbonyl (C=O) groups excluding carboxylic acids is 1. The first-order valence-electron chi connectivity index (χ1n) is 6.58. The third-order valence-electron chi connectivity index (χ3n) is 2.82. The predicted octanol–water partition coefficient (Wildman–Crippen LogP) is -0.0843. The Morgan fingerprint density at radius 3 is 2.42 bits per heavy atom. The number of hydrogen-bond donors (Lipinski definition) is 4.